The van der Waals surface area contributed by atoms with E-state index >= 15 is 0 Å². The van der Waals surface area contributed by atoms with Gasteiger partial charge in [0.05, 0.1) is 11.0 Å². The fourth-order valence-corrected chi connectivity index (χ4v) is 3.09. The Balaban J connectivity index is 2.04. The summed E-state index contributed by atoms with van der Waals surface area (Å²) in [6, 6.07) is 25.6. The van der Waals surface area contributed by atoms with Crippen molar-refractivity contribution in [2.24, 2.45) is 0 Å². The molecule has 106 valence electrons. The summed E-state index contributed by atoms with van der Waals surface area (Å²) in [6.07, 6.45) is 0. The summed E-state index contributed by atoms with van der Waals surface area (Å²) in [4.78, 5) is 0. The van der Waals surface area contributed by atoms with Crippen LogP contribution in [0.2, 0.25) is 0 Å². The second-order valence-corrected chi connectivity index (χ2v) is 5.68. The van der Waals surface area contributed by atoms with E-state index in [1.54, 1.807) is 0 Å². The summed E-state index contributed by atoms with van der Waals surface area (Å²) in [7, 11) is 0. The minimum atomic E-state index is 1.01. The molecule has 3 aromatic carbocycles. The molecule has 0 radical (unpaired) electrons. The molecule has 22 heavy (non-hydrogen) atoms. The van der Waals surface area contributed by atoms with Crippen LogP contribution in [0.1, 0.15) is 11.1 Å². The molecule has 0 atom stereocenters. The maximum Gasteiger partial charge on any atom is 0.0541 e. The average molecular weight is 283 g/mol. The lowest BCUT2D eigenvalue weighted by molar-refractivity contribution is 1.22. The maximum absolute atomic E-state index is 4.36. The van der Waals surface area contributed by atoms with E-state index in [1.807, 2.05) is 0 Å². The number of aryl methyl sites for hydroxylation is 1. The van der Waals surface area contributed by atoms with Gasteiger partial charge in [0.2, 0.25) is 0 Å². The molecule has 0 saturated carbocycles. The molecule has 0 amide bonds. The highest BCUT2D eigenvalue weighted by Gasteiger charge is 2.12. The largest absolute Gasteiger partial charge is 0.309 e. The lowest BCUT2D eigenvalue weighted by atomic mass is 10.1. The van der Waals surface area contributed by atoms with E-state index in [2.05, 4.69) is 90.9 Å². The first kappa shape index (κ1) is 12.9. The molecule has 0 aliphatic rings. The zero-order valence-corrected chi connectivity index (χ0v) is 12.6. The minimum absolute atomic E-state index is 1.01. The Labute approximate surface area is 130 Å². The van der Waals surface area contributed by atoms with Crippen LogP contribution in [0.4, 0.5) is 0 Å². The quantitative estimate of drug-likeness (QED) is 0.450. The fourth-order valence-electron chi connectivity index (χ4n) is 3.09. The highest BCUT2D eigenvalue weighted by molar-refractivity contribution is 6.10. The number of para-hydroxylation sites is 2. The van der Waals surface area contributed by atoms with Gasteiger partial charge < -0.3 is 4.57 Å². The van der Waals surface area contributed by atoms with Crippen molar-refractivity contribution >= 4 is 27.5 Å². The zero-order valence-electron chi connectivity index (χ0n) is 12.6. The van der Waals surface area contributed by atoms with Gasteiger partial charge in [0.1, 0.15) is 0 Å². The highest BCUT2D eigenvalue weighted by atomic mass is 15.0. The lowest BCUT2D eigenvalue weighted by Gasteiger charge is -2.11. The molecule has 0 aliphatic heterocycles. The summed E-state index contributed by atoms with van der Waals surface area (Å²) >= 11 is 0. The predicted octanol–water partition coefficient (Wildman–Crippen LogP) is 5.62. The Bertz CT molecular complexity index is 934. The first-order chi connectivity index (χ1) is 10.8. The molecule has 0 spiro atoms. The van der Waals surface area contributed by atoms with E-state index < -0.39 is 0 Å². The molecule has 0 saturated heterocycles. The van der Waals surface area contributed by atoms with E-state index in [4.69, 9.17) is 0 Å². The van der Waals surface area contributed by atoms with Crippen LogP contribution in [-0.2, 0) is 0 Å². The summed E-state index contributed by atoms with van der Waals surface area (Å²) in [6.45, 7) is 6.46. The van der Waals surface area contributed by atoms with Crippen LogP contribution in [0.5, 0.6) is 0 Å². The van der Waals surface area contributed by atoms with Gasteiger partial charge in [0.15, 0.2) is 0 Å². The maximum atomic E-state index is 4.36. The molecule has 0 aliphatic carbocycles. The second-order valence-electron chi connectivity index (χ2n) is 5.68. The average Bonchev–Trinajstić information content (AvgIpc) is 2.89. The molecule has 0 bridgehead atoms. The van der Waals surface area contributed by atoms with Gasteiger partial charge in [-0.1, -0.05) is 72.8 Å². The molecule has 0 unspecified atom stereocenters. The van der Waals surface area contributed by atoms with Gasteiger partial charge in [0.25, 0.3) is 0 Å². The van der Waals surface area contributed by atoms with Crippen LogP contribution in [-0.4, -0.2) is 4.57 Å². The van der Waals surface area contributed by atoms with Crippen LogP contribution < -0.4 is 0 Å². The van der Waals surface area contributed by atoms with Crippen molar-refractivity contribution in [2.75, 3.05) is 0 Å². The van der Waals surface area contributed by atoms with Gasteiger partial charge in [-0.05, 0) is 24.6 Å². The van der Waals surface area contributed by atoms with Crippen LogP contribution in [0.3, 0.4) is 0 Å². The zero-order chi connectivity index (χ0) is 15.1. The van der Waals surface area contributed by atoms with Crippen LogP contribution in [0.15, 0.2) is 79.4 Å². The molecule has 0 N–H and O–H groups in total. The lowest BCUT2D eigenvalue weighted by Crippen LogP contribution is -1.97. The van der Waals surface area contributed by atoms with E-state index in [-0.39, 0.29) is 0 Å². The van der Waals surface area contributed by atoms with Gasteiger partial charge in [-0.15, -0.1) is 0 Å². The van der Waals surface area contributed by atoms with Gasteiger partial charge in [-0.25, -0.2) is 0 Å². The highest BCUT2D eigenvalue weighted by Crippen LogP contribution is 2.32. The second kappa shape index (κ2) is 4.88. The predicted molar refractivity (Wildman–Crippen MR) is 95.1 cm³/mol. The third-order valence-electron chi connectivity index (χ3n) is 4.23. The Morgan fingerprint density at radius 2 is 1.23 bits per heavy atom. The van der Waals surface area contributed by atoms with E-state index in [1.165, 1.54) is 27.4 Å². The number of rotatable bonds is 2. The third-order valence-corrected chi connectivity index (χ3v) is 4.23. The molecule has 1 aromatic heterocycles. The Morgan fingerprint density at radius 1 is 0.727 bits per heavy atom. The molecule has 4 aromatic rings. The normalized spacial score (nSPS) is 11.1. The molecular weight excluding hydrogens is 266 g/mol. The Hall–Kier alpha value is -2.80. The van der Waals surface area contributed by atoms with Gasteiger partial charge in [-0.3, -0.25) is 0 Å². The third kappa shape index (κ3) is 1.86. The van der Waals surface area contributed by atoms with Gasteiger partial charge >= 0.3 is 0 Å². The van der Waals surface area contributed by atoms with E-state index in [0.29, 0.717) is 0 Å². The van der Waals surface area contributed by atoms with Crippen molar-refractivity contribution in [3.8, 4) is 0 Å². The monoisotopic (exact) mass is 283 g/mol. The molecular formula is C21H17N. The van der Waals surface area contributed by atoms with Crippen molar-refractivity contribution in [1.29, 1.82) is 0 Å². The standard InChI is InChI=1S/C21H17N/c1-15-11-13-17(14-12-15)16(2)22-20-9-5-3-7-18(20)19-8-4-6-10-21(19)22/h3-14H,2H2,1H3. The molecule has 1 heteroatoms. The smallest absolute Gasteiger partial charge is 0.0541 e. The van der Waals surface area contributed by atoms with Crippen molar-refractivity contribution in [2.45, 2.75) is 6.92 Å². The minimum Gasteiger partial charge on any atom is -0.309 e. The van der Waals surface area contributed by atoms with Crippen LogP contribution >= 0.6 is 0 Å². The Morgan fingerprint density at radius 3 is 1.77 bits per heavy atom. The first-order valence-corrected chi connectivity index (χ1v) is 7.50. The van der Waals surface area contributed by atoms with Crippen molar-refractivity contribution in [3.05, 3.63) is 90.5 Å². The summed E-state index contributed by atoms with van der Waals surface area (Å²) < 4.78 is 2.26. The number of nitrogens with zero attached hydrogens (tertiary/aromatic N) is 1. The summed E-state index contributed by atoms with van der Waals surface area (Å²) in [5, 5.41) is 2.54. The van der Waals surface area contributed by atoms with Crippen molar-refractivity contribution in [1.82, 2.24) is 4.57 Å². The van der Waals surface area contributed by atoms with Gasteiger partial charge in [-0.2, -0.15) is 0 Å². The number of aromatic nitrogens is 1. The number of benzene rings is 3. The van der Waals surface area contributed by atoms with E-state index in [0.717, 1.165) is 11.3 Å². The van der Waals surface area contributed by atoms with Crippen molar-refractivity contribution < 1.29 is 0 Å². The number of hydrogen-bond donors (Lipinski definition) is 0. The number of hydrogen-bond acceptors (Lipinski definition) is 0. The summed E-state index contributed by atoms with van der Waals surface area (Å²) in [5.41, 5.74) is 5.83. The molecule has 1 heterocycles. The SMILES string of the molecule is C=C(c1ccc(C)cc1)n1c2ccccc2c2ccccc21. The van der Waals surface area contributed by atoms with Crippen LogP contribution in [0, 0.1) is 6.92 Å². The molecule has 4 rings (SSSR count). The first-order valence-electron chi connectivity index (χ1n) is 7.50. The number of fused-ring (bicyclic) bond motifs is 3. The fraction of sp³-hybridized carbons (Fsp3) is 0.0476. The van der Waals surface area contributed by atoms with Gasteiger partial charge in [0, 0.05) is 16.5 Å². The van der Waals surface area contributed by atoms with Crippen molar-refractivity contribution in [3.63, 3.8) is 0 Å². The summed E-state index contributed by atoms with van der Waals surface area (Å²) in [5.74, 6) is 0. The molecule has 0 fully saturated rings. The molecule has 1 nitrogen and oxygen atoms in total. The topological polar surface area (TPSA) is 4.93 Å². The van der Waals surface area contributed by atoms with Crippen LogP contribution in [0.25, 0.3) is 27.5 Å². The van der Waals surface area contributed by atoms with E-state index in [9.17, 15) is 0 Å². The Kier molecular flexibility index (Phi) is 2.87.